The molecule has 1 aromatic rings. The average molecular weight is 370 g/mol. The highest BCUT2D eigenvalue weighted by Crippen LogP contribution is 2.32. The van der Waals surface area contributed by atoms with E-state index in [9.17, 15) is 18.0 Å². The van der Waals surface area contributed by atoms with E-state index in [-0.39, 0.29) is 11.7 Å². The molecular weight excluding hydrogens is 348 g/mol. The van der Waals surface area contributed by atoms with Gasteiger partial charge in [0.15, 0.2) is 6.61 Å². The van der Waals surface area contributed by atoms with Crippen LogP contribution in [0.3, 0.4) is 0 Å². The second-order valence-electron chi connectivity index (χ2n) is 5.94. The third kappa shape index (κ3) is 4.62. The molecule has 0 bridgehead atoms. The van der Waals surface area contributed by atoms with Crippen molar-refractivity contribution in [2.24, 2.45) is 5.92 Å². The van der Waals surface area contributed by atoms with Crippen molar-refractivity contribution in [1.29, 1.82) is 0 Å². The smallest absolute Gasteiger partial charge is 0.308 e. The van der Waals surface area contributed by atoms with Crippen molar-refractivity contribution in [3.8, 4) is 5.75 Å². The zero-order valence-corrected chi connectivity index (χ0v) is 15.3. The van der Waals surface area contributed by atoms with Crippen LogP contribution in [0.15, 0.2) is 18.2 Å². The lowest BCUT2D eigenvalue weighted by Gasteiger charge is -2.19. The molecule has 0 radical (unpaired) electrons. The minimum atomic E-state index is -3.29. The van der Waals surface area contributed by atoms with E-state index in [0.29, 0.717) is 30.1 Å². The Balaban J connectivity index is 2.09. The van der Waals surface area contributed by atoms with E-state index >= 15 is 0 Å². The molecule has 1 fully saturated rings. The van der Waals surface area contributed by atoms with E-state index < -0.39 is 28.5 Å². The molecule has 1 N–H and O–H groups in total. The van der Waals surface area contributed by atoms with Crippen molar-refractivity contribution >= 4 is 33.3 Å². The number of nitrogens with one attached hydrogen (secondary N) is 1. The lowest BCUT2D eigenvalue weighted by Crippen LogP contribution is -2.25. The first-order valence-electron chi connectivity index (χ1n) is 7.89. The Labute approximate surface area is 147 Å². The van der Waals surface area contributed by atoms with Gasteiger partial charge in [-0.15, -0.1) is 0 Å². The maximum Gasteiger partial charge on any atom is 0.308 e. The van der Waals surface area contributed by atoms with Crippen LogP contribution < -0.4 is 14.4 Å². The summed E-state index contributed by atoms with van der Waals surface area (Å²) in [7, 11) is -1.87. The Hall–Kier alpha value is -2.29. The lowest BCUT2D eigenvalue weighted by molar-refractivity contribution is -0.150. The molecule has 0 spiro atoms. The van der Waals surface area contributed by atoms with Gasteiger partial charge in [0, 0.05) is 12.6 Å². The minimum absolute atomic E-state index is 0.120. The third-order valence-corrected chi connectivity index (χ3v) is 5.53. The predicted octanol–water partition coefficient (Wildman–Crippen LogP) is 1.37. The number of carbonyl (C=O) groups is 2. The van der Waals surface area contributed by atoms with Crippen LogP contribution in [-0.2, 0) is 24.3 Å². The molecule has 1 aromatic carbocycles. The maximum absolute atomic E-state index is 12.0. The average Bonchev–Trinajstić information content (AvgIpc) is 2.92. The van der Waals surface area contributed by atoms with Gasteiger partial charge in [-0.2, -0.15) is 0 Å². The summed E-state index contributed by atoms with van der Waals surface area (Å²) in [5, 5.41) is 2.59. The number of sulfonamides is 1. The van der Waals surface area contributed by atoms with Gasteiger partial charge in [-0.3, -0.25) is 13.9 Å². The Morgan fingerprint density at radius 2 is 2.04 bits per heavy atom. The molecule has 0 saturated carbocycles. The van der Waals surface area contributed by atoms with Gasteiger partial charge in [0.05, 0.1) is 30.2 Å². The number of benzene rings is 1. The quantitative estimate of drug-likeness (QED) is 0.759. The maximum atomic E-state index is 12.0. The van der Waals surface area contributed by atoms with Crippen LogP contribution in [0.5, 0.6) is 5.75 Å². The van der Waals surface area contributed by atoms with Crippen LogP contribution in [0.2, 0.25) is 0 Å². The number of hydrogen-bond acceptors (Lipinski definition) is 6. The SMILES string of the molecule is COc1cc(N2CCCS2(=O)=O)ccc1NC(=O)COC(=O)C(C)C. The summed E-state index contributed by atoms with van der Waals surface area (Å²) in [6, 6.07) is 4.71. The number of amides is 1. The third-order valence-electron chi connectivity index (χ3n) is 3.66. The van der Waals surface area contributed by atoms with Gasteiger partial charge in [0.25, 0.3) is 5.91 Å². The molecule has 8 nitrogen and oxygen atoms in total. The van der Waals surface area contributed by atoms with Gasteiger partial charge in [-0.25, -0.2) is 8.42 Å². The van der Waals surface area contributed by atoms with Gasteiger partial charge in [-0.1, -0.05) is 13.8 Å². The van der Waals surface area contributed by atoms with Crippen molar-refractivity contribution in [3.63, 3.8) is 0 Å². The standard InChI is InChI=1S/C16H22N2O6S/c1-11(2)16(20)24-10-15(19)17-13-6-5-12(9-14(13)23-3)18-7-4-8-25(18,21)22/h5-6,9,11H,4,7-8,10H2,1-3H3,(H,17,19). The van der Waals surface area contributed by atoms with E-state index in [1.54, 1.807) is 32.0 Å². The molecule has 0 unspecified atom stereocenters. The molecule has 0 aromatic heterocycles. The van der Waals surface area contributed by atoms with Crippen molar-refractivity contribution in [3.05, 3.63) is 18.2 Å². The molecule has 0 aliphatic carbocycles. The van der Waals surface area contributed by atoms with E-state index in [0.717, 1.165) is 0 Å². The Morgan fingerprint density at radius 1 is 1.32 bits per heavy atom. The van der Waals surface area contributed by atoms with Crippen LogP contribution in [0.25, 0.3) is 0 Å². The number of esters is 1. The van der Waals surface area contributed by atoms with Gasteiger partial charge in [-0.05, 0) is 18.6 Å². The van der Waals surface area contributed by atoms with Gasteiger partial charge in [0.1, 0.15) is 5.75 Å². The number of ether oxygens (including phenoxy) is 2. The van der Waals surface area contributed by atoms with E-state index in [1.165, 1.54) is 11.4 Å². The molecule has 9 heteroatoms. The fourth-order valence-electron chi connectivity index (χ4n) is 2.36. The Kier molecular flexibility index (Phi) is 5.89. The zero-order chi connectivity index (χ0) is 18.6. The number of methoxy groups -OCH3 is 1. The summed E-state index contributed by atoms with van der Waals surface area (Å²) in [4.78, 5) is 23.3. The summed E-state index contributed by atoms with van der Waals surface area (Å²) in [5.74, 6) is -0.840. The minimum Gasteiger partial charge on any atom is -0.494 e. The van der Waals surface area contributed by atoms with Crippen molar-refractivity contribution in [2.45, 2.75) is 20.3 Å². The van der Waals surface area contributed by atoms with Crippen LogP contribution in [0.1, 0.15) is 20.3 Å². The van der Waals surface area contributed by atoms with Gasteiger partial charge in [0.2, 0.25) is 10.0 Å². The van der Waals surface area contributed by atoms with E-state index in [2.05, 4.69) is 5.32 Å². The molecule has 25 heavy (non-hydrogen) atoms. The van der Waals surface area contributed by atoms with Crippen LogP contribution in [-0.4, -0.2) is 46.3 Å². The highest BCUT2D eigenvalue weighted by molar-refractivity contribution is 7.93. The highest BCUT2D eigenvalue weighted by Gasteiger charge is 2.29. The predicted molar refractivity (Wildman–Crippen MR) is 93.2 cm³/mol. The van der Waals surface area contributed by atoms with Crippen LogP contribution in [0, 0.1) is 5.92 Å². The zero-order valence-electron chi connectivity index (χ0n) is 14.4. The first-order valence-corrected chi connectivity index (χ1v) is 9.50. The summed E-state index contributed by atoms with van der Waals surface area (Å²) >= 11 is 0. The molecule has 0 atom stereocenters. The Bertz CT molecular complexity index is 760. The number of carbonyl (C=O) groups excluding carboxylic acids is 2. The molecule has 2 rings (SSSR count). The topological polar surface area (TPSA) is 102 Å². The van der Waals surface area contributed by atoms with Gasteiger partial charge >= 0.3 is 5.97 Å². The number of nitrogens with zero attached hydrogens (tertiary/aromatic N) is 1. The number of rotatable bonds is 6. The molecule has 1 aliphatic rings. The van der Waals surface area contributed by atoms with Crippen LogP contribution in [0.4, 0.5) is 11.4 Å². The number of anilines is 2. The summed E-state index contributed by atoms with van der Waals surface area (Å²) in [5.41, 5.74) is 0.854. The fraction of sp³-hybridized carbons (Fsp3) is 0.500. The van der Waals surface area contributed by atoms with Crippen molar-refractivity contribution in [2.75, 3.05) is 35.6 Å². The second kappa shape index (κ2) is 7.73. The molecule has 1 aliphatic heterocycles. The van der Waals surface area contributed by atoms with Crippen LogP contribution >= 0.6 is 0 Å². The Morgan fingerprint density at radius 3 is 2.60 bits per heavy atom. The molecule has 1 amide bonds. The summed E-state index contributed by atoms with van der Waals surface area (Å²) in [6.45, 7) is 3.37. The second-order valence-corrected chi connectivity index (χ2v) is 7.95. The molecular formula is C16H22N2O6S. The normalized spacial score (nSPS) is 15.9. The molecule has 1 saturated heterocycles. The monoisotopic (exact) mass is 370 g/mol. The first-order chi connectivity index (χ1) is 11.7. The number of hydrogen-bond donors (Lipinski definition) is 1. The largest absolute Gasteiger partial charge is 0.494 e. The lowest BCUT2D eigenvalue weighted by atomic mass is 10.2. The molecule has 138 valence electrons. The molecule has 1 heterocycles. The first kappa shape index (κ1) is 19.0. The van der Waals surface area contributed by atoms with E-state index in [4.69, 9.17) is 9.47 Å². The fourth-order valence-corrected chi connectivity index (χ4v) is 3.91. The van der Waals surface area contributed by atoms with Crippen molar-refractivity contribution < 1.29 is 27.5 Å². The summed E-state index contributed by atoms with van der Waals surface area (Å²) < 4.78 is 35.4. The van der Waals surface area contributed by atoms with Gasteiger partial charge < -0.3 is 14.8 Å². The highest BCUT2D eigenvalue weighted by atomic mass is 32.2. The van der Waals surface area contributed by atoms with Crippen molar-refractivity contribution in [1.82, 2.24) is 0 Å². The van der Waals surface area contributed by atoms with E-state index in [1.807, 2.05) is 0 Å². The summed E-state index contributed by atoms with van der Waals surface area (Å²) in [6.07, 6.45) is 0.574.